The summed E-state index contributed by atoms with van der Waals surface area (Å²) in [6.07, 6.45) is -0.469. The highest BCUT2D eigenvalue weighted by atomic mass is 16.3. The molecule has 2 aromatic carbocycles. The van der Waals surface area contributed by atoms with E-state index in [1.807, 2.05) is 48.5 Å². The van der Waals surface area contributed by atoms with Crippen LogP contribution < -0.4 is 4.90 Å². The van der Waals surface area contributed by atoms with Crippen LogP contribution >= 0.6 is 0 Å². The van der Waals surface area contributed by atoms with Gasteiger partial charge in [0.15, 0.2) is 0 Å². The molecule has 0 saturated carbocycles. The van der Waals surface area contributed by atoms with Gasteiger partial charge in [0.05, 0.1) is 6.10 Å². The quantitative estimate of drug-likeness (QED) is 0.881. The molecule has 2 heteroatoms. The number of aliphatic hydroxyl groups is 1. The average Bonchev–Trinajstić information content (AvgIpc) is 2.46. The molecule has 0 heterocycles. The Hall–Kier alpha value is -1.80. The lowest BCUT2D eigenvalue weighted by molar-refractivity contribution is 0.181. The first-order valence-corrected chi connectivity index (χ1v) is 6.73. The summed E-state index contributed by atoms with van der Waals surface area (Å²) in [6, 6.07) is 20.4. The third-order valence-corrected chi connectivity index (χ3v) is 3.27. The Morgan fingerprint density at radius 1 is 0.895 bits per heavy atom. The lowest BCUT2D eigenvalue weighted by atomic mass is 10.1. The minimum atomic E-state index is -0.469. The Balaban J connectivity index is 2.14. The molecule has 0 amide bonds. The molecule has 100 valence electrons. The van der Waals surface area contributed by atoms with E-state index in [0.717, 1.165) is 11.3 Å². The van der Waals surface area contributed by atoms with Gasteiger partial charge in [-0.1, -0.05) is 48.5 Å². The van der Waals surface area contributed by atoms with Gasteiger partial charge in [-0.05, 0) is 31.5 Å². The Kier molecular flexibility index (Phi) is 4.58. The van der Waals surface area contributed by atoms with Crippen molar-refractivity contribution in [3.63, 3.8) is 0 Å². The van der Waals surface area contributed by atoms with E-state index < -0.39 is 6.10 Å². The number of rotatable bonds is 5. The van der Waals surface area contributed by atoms with Crippen molar-refractivity contribution in [2.45, 2.75) is 26.0 Å². The average molecular weight is 255 g/mol. The van der Waals surface area contributed by atoms with Crippen LogP contribution in [0, 0.1) is 0 Å². The van der Waals surface area contributed by atoms with Crippen LogP contribution in [-0.4, -0.2) is 17.7 Å². The third kappa shape index (κ3) is 3.58. The first kappa shape index (κ1) is 13.6. The SMILES string of the molecule is CC(C)N(CC(O)c1ccccc1)c1ccccc1. The second-order valence-corrected chi connectivity index (χ2v) is 5.01. The highest BCUT2D eigenvalue weighted by molar-refractivity contribution is 5.47. The van der Waals surface area contributed by atoms with E-state index in [2.05, 4.69) is 30.9 Å². The smallest absolute Gasteiger partial charge is 0.0964 e. The molecule has 1 atom stereocenters. The van der Waals surface area contributed by atoms with Crippen molar-refractivity contribution >= 4 is 5.69 Å². The number of nitrogens with zero attached hydrogens (tertiary/aromatic N) is 1. The lowest BCUT2D eigenvalue weighted by Gasteiger charge is -2.31. The van der Waals surface area contributed by atoms with E-state index in [-0.39, 0.29) is 0 Å². The number of para-hydroxylation sites is 1. The van der Waals surface area contributed by atoms with Gasteiger partial charge in [0.1, 0.15) is 0 Å². The molecule has 0 saturated heterocycles. The predicted octanol–water partition coefficient (Wildman–Crippen LogP) is 3.64. The summed E-state index contributed by atoms with van der Waals surface area (Å²) >= 11 is 0. The van der Waals surface area contributed by atoms with Crippen LogP contribution in [0.3, 0.4) is 0 Å². The van der Waals surface area contributed by atoms with Gasteiger partial charge in [0.25, 0.3) is 0 Å². The Morgan fingerprint density at radius 3 is 1.95 bits per heavy atom. The summed E-state index contributed by atoms with van der Waals surface area (Å²) < 4.78 is 0. The predicted molar refractivity (Wildman–Crippen MR) is 80.3 cm³/mol. The molecule has 0 aliphatic heterocycles. The number of aliphatic hydroxyl groups excluding tert-OH is 1. The minimum absolute atomic E-state index is 0.348. The topological polar surface area (TPSA) is 23.5 Å². The standard InChI is InChI=1S/C17H21NO/c1-14(2)18(16-11-7-4-8-12-16)13-17(19)15-9-5-3-6-10-15/h3-12,14,17,19H,13H2,1-2H3. The van der Waals surface area contributed by atoms with Crippen LogP contribution in [0.2, 0.25) is 0 Å². The van der Waals surface area contributed by atoms with Gasteiger partial charge in [-0.2, -0.15) is 0 Å². The molecule has 1 N–H and O–H groups in total. The molecule has 1 unspecified atom stereocenters. The molecule has 19 heavy (non-hydrogen) atoms. The molecule has 0 spiro atoms. The molecule has 2 nitrogen and oxygen atoms in total. The molecular weight excluding hydrogens is 234 g/mol. The Morgan fingerprint density at radius 2 is 1.42 bits per heavy atom. The number of anilines is 1. The van der Waals surface area contributed by atoms with Gasteiger partial charge in [-0.25, -0.2) is 0 Å². The van der Waals surface area contributed by atoms with Crippen molar-refractivity contribution in [3.05, 3.63) is 66.2 Å². The second kappa shape index (κ2) is 6.39. The molecule has 0 aromatic heterocycles. The van der Waals surface area contributed by atoms with E-state index in [1.54, 1.807) is 0 Å². The monoisotopic (exact) mass is 255 g/mol. The molecule has 0 fully saturated rings. The maximum absolute atomic E-state index is 10.4. The maximum Gasteiger partial charge on any atom is 0.0964 e. The van der Waals surface area contributed by atoms with Gasteiger partial charge in [-0.15, -0.1) is 0 Å². The lowest BCUT2D eigenvalue weighted by Crippen LogP contribution is -2.34. The summed E-state index contributed by atoms with van der Waals surface area (Å²) in [5, 5.41) is 10.4. The largest absolute Gasteiger partial charge is 0.387 e. The van der Waals surface area contributed by atoms with Crippen LogP contribution in [-0.2, 0) is 0 Å². The van der Waals surface area contributed by atoms with Crippen molar-refractivity contribution in [1.82, 2.24) is 0 Å². The van der Waals surface area contributed by atoms with E-state index in [4.69, 9.17) is 0 Å². The highest BCUT2D eigenvalue weighted by Crippen LogP contribution is 2.21. The number of hydrogen-bond donors (Lipinski definition) is 1. The van der Waals surface area contributed by atoms with Gasteiger partial charge in [0.2, 0.25) is 0 Å². The zero-order valence-corrected chi connectivity index (χ0v) is 11.5. The molecule has 0 bridgehead atoms. The number of hydrogen-bond acceptors (Lipinski definition) is 2. The fourth-order valence-corrected chi connectivity index (χ4v) is 2.20. The molecule has 0 radical (unpaired) electrons. The third-order valence-electron chi connectivity index (χ3n) is 3.27. The Labute approximate surface area is 115 Å². The Bertz CT molecular complexity index is 481. The maximum atomic E-state index is 10.4. The van der Waals surface area contributed by atoms with Crippen molar-refractivity contribution in [2.24, 2.45) is 0 Å². The van der Waals surface area contributed by atoms with Crippen LogP contribution in [0.15, 0.2) is 60.7 Å². The van der Waals surface area contributed by atoms with Gasteiger partial charge >= 0.3 is 0 Å². The molecular formula is C17H21NO. The van der Waals surface area contributed by atoms with Crippen LogP contribution in [0.5, 0.6) is 0 Å². The van der Waals surface area contributed by atoms with Crippen LogP contribution in [0.1, 0.15) is 25.5 Å². The zero-order valence-electron chi connectivity index (χ0n) is 11.5. The summed E-state index contributed by atoms with van der Waals surface area (Å²) in [4.78, 5) is 2.22. The van der Waals surface area contributed by atoms with Crippen molar-refractivity contribution < 1.29 is 5.11 Å². The summed E-state index contributed by atoms with van der Waals surface area (Å²) in [5.41, 5.74) is 2.11. The highest BCUT2D eigenvalue weighted by Gasteiger charge is 2.16. The van der Waals surface area contributed by atoms with Crippen molar-refractivity contribution in [3.8, 4) is 0 Å². The molecule has 2 aromatic rings. The van der Waals surface area contributed by atoms with Gasteiger partial charge < -0.3 is 10.0 Å². The first-order chi connectivity index (χ1) is 9.18. The summed E-state index contributed by atoms with van der Waals surface area (Å²) in [7, 11) is 0. The fourth-order valence-electron chi connectivity index (χ4n) is 2.20. The molecule has 0 aliphatic carbocycles. The van der Waals surface area contributed by atoms with Crippen LogP contribution in [0.4, 0.5) is 5.69 Å². The van der Waals surface area contributed by atoms with Crippen molar-refractivity contribution in [1.29, 1.82) is 0 Å². The van der Waals surface area contributed by atoms with Gasteiger partial charge in [0, 0.05) is 18.3 Å². The summed E-state index contributed by atoms with van der Waals surface area (Å²) in [6.45, 7) is 4.89. The normalized spacial score (nSPS) is 12.4. The second-order valence-electron chi connectivity index (χ2n) is 5.01. The summed E-state index contributed by atoms with van der Waals surface area (Å²) in [5.74, 6) is 0. The van der Waals surface area contributed by atoms with Crippen LogP contribution in [0.25, 0.3) is 0 Å². The number of benzene rings is 2. The van der Waals surface area contributed by atoms with Crippen molar-refractivity contribution in [2.75, 3.05) is 11.4 Å². The van der Waals surface area contributed by atoms with E-state index in [1.165, 1.54) is 0 Å². The van der Waals surface area contributed by atoms with E-state index >= 15 is 0 Å². The minimum Gasteiger partial charge on any atom is -0.387 e. The fraction of sp³-hybridized carbons (Fsp3) is 0.294. The molecule has 0 aliphatic rings. The van der Waals surface area contributed by atoms with Gasteiger partial charge in [-0.3, -0.25) is 0 Å². The first-order valence-electron chi connectivity index (χ1n) is 6.73. The zero-order chi connectivity index (χ0) is 13.7. The van der Waals surface area contributed by atoms with E-state index in [0.29, 0.717) is 12.6 Å². The van der Waals surface area contributed by atoms with E-state index in [9.17, 15) is 5.11 Å². The molecule has 2 rings (SSSR count).